The molecule has 1 spiro atoms. The molecule has 0 unspecified atom stereocenters. The van der Waals surface area contributed by atoms with Crippen molar-refractivity contribution in [3.05, 3.63) is 40.6 Å². The van der Waals surface area contributed by atoms with Gasteiger partial charge in [0.1, 0.15) is 5.52 Å². The number of pyridine rings is 1. The van der Waals surface area contributed by atoms with Gasteiger partial charge in [0.2, 0.25) is 0 Å². The van der Waals surface area contributed by atoms with Crippen molar-refractivity contribution in [3.8, 4) is 0 Å². The zero-order chi connectivity index (χ0) is 14.4. The van der Waals surface area contributed by atoms with Crippen molar-refractivity contribution >= 4 is 22.3 Å². The van der Waals surface area contributed by atoms with E-state index in [1.807, 2.05) is 6.07 Å². The molecule has 21 heavy (non-hydrogen) atoms. The summed E-state index contributed by atoms with van der Waals surface area (Å²) in [6.07, 6.45) is 6.88. The minimum atomic E-state index is -0.327. The van der Waals surface area contributed by atoms with E-state index in [0.717, 1.165) is 24.3 Å². The van der Waals surface area contributed by atoms with E-state index in [4.69, 9.17) is 0 Å². The summed E-state index contributed by atoms with van der Waals surface area (Å²) in [7, 11) is 0. The monoisotopic (exact) mass is 283 g/mol. The lowest BCUT2D eigenvalue weighted by atomic mass is 9.94. The van der Waals surface area contributed by atoms with Gasteiger partial charge in [-0.15, -0.1) is 0 Å². The largest absolute Gasteiger partial charge is 0.369 e. The zero-order valence-electron chi connectivity index (χ0n) is 11.8. The van der Waals surface area contributed by atoms with Crippen LogP contribution in [0.25, 0.3) is 10.9 Å². The van der Waals surface area contributed by atoms with E-state index in [-0.39, 0.29) is 10.6 Å². The van der Waals surface area contributed by atoms with Crippen LogP contribution in [0.4, 0.5) is 11.4 Å². The molecule has 5 nitrogen and oxygen atoms in total. The number of rotatable bonds is 2. The Kier molecular flexibility index (Phi) is 2.64. The molecule has 2 heterocycles. The minimum Gasteiger partial charge on any atom is -0.369 e. The number of nitro groups is 1. The Labute approximate surface area is 122 Å². The van der Waals surface area contributed by atoms with Gasteiger partial charge in [0.25, 0.3) is 5.69 Å². The van der Waals surface area contributed by atoms with Crippen molar-refractivity contribution in [2.24, 2.45) is 5.41 Å². The molecule has 108 valence electrons. The first-order chi connectivity index (χ1) is 10.2. The number of nitrogens with zero attached hydrogens (tertiary/aromatic N) is 3. The average Bonchev–Trinajstić information content (AvgIpc) is 3.24. The number of piperidine rings is 1. The van der Waals surface area contributed by atoms with E-state index in [1.54, 1.807) is 24.4 Å². The van der Waals surface area contributed by atoms with E-state index in [0.29, 0.717) is 10.8 Å². The number of hydrogen-bond donors (Lipinski definition) is 0. The van der Waals surface area contributed by atoms with Crippen LogP contribution >= 0.6 is 0 Å². The molecule has 5 heteroatoms. The fourth-order valence-electron chi connectivity index (χ4n) is 3.56. The maximum Gasteiger partial charge on any atom is 0.278 e. The van der Waals surface area contributed by atoms with Gasteiger partial charge in [-0.3, -0.25) is 15.1 Å². The van der Waals surface area contributed by atoms with Gasteiger partial charge in [-0.1, -0.05) is 0 Å². The summed E-state index contributed by atoms with van der Waals surface area (Å²) in [5.74, 6) is 0. The molecule has 1 saturated heterocycles. The Morgan fingerprint density at radius 3 is 2.86 bits per heavy atom. The summed E-state index contributed by atoms with van der Waals surface area (Å²) in [5.41, 5.74) is 2.45. The van der Waals surface area contributed by atoms with Crippen LogP contribution in [0.3, 0.4) is 0 Å². The molecule has 0 radical (unpaired) electrons. The summed E-state index contributed by atoms with van der Waals surface area (Å²) in [4.78, 5) is 17.6. The van der Waals surface area contributed by atoms with E-state index in [1.165, 1.54) is 25.7 Å². The van der Waals surface area contributed by atoms with Gasteiger partial charge >= 0.3 is 0 Å². The van der Waals surface area contributed by atoms with E-state index < -0.39 is 0 Å². The number of benzene rings is 1. The number of aromatic nitrogens is 1. The van der Waals surface area contributed by atoms with Gasteiger partial charge in [-0.25, -0.2) is 0 Å². The van der Waals surface area contributed by atoms with Crippen molar-refractivity contribution in [1.82, 2.24) is 4.98 Å². The highest BCUT2D eigenvalue weighted by molar-refractivity contribution is 5.97. The van der Waals surface area contributed by atoms with Crippen LogP contribution in [0.15, 0.2) is 30.5 Å². The van der Waals surface area contributed by atoms with E-state index >= 15 is 0 Å². The molecule has 1 saturated carbocycles. The highest BCUT2D eigenvalue weighted by Gasteiger charge is 2.45. The number of fused-ring (bicyclic) bond motifs is 1. The highest BCUT2D eigenvalue weighted by atomic mass is 16.6. The summed E-state index contributed by atoms with van der Waals surface area (Å²) < 4.78 is 0. The maximum atomic E-state index is 11.2. The predicted octanol–water partition coefficient (Wildman–Crippen LogP) is 3.52. The summed E-state index contributed by atoms with van der Waals surface area (Å²) in [6.45, 7) is 2.09. The second-order valence-corrected chi connectivity index (χ2v) is 6.29. The second kappa shape index (κ2) is 4.41. The number of non-ortho nitro benzene ring substituents is 1. The zero-order valence-corrected chi connectivity index (χ0v) is 11.8. The minimum absolute atomic E-state index is 0.139. The third-order valence-electron chi connectivity index (χ3n) is 4.88. The van der Waals surface area contributed by atoms with Crippen LogP contribution in [-0.4, -0.2) is 23.0 Å². The lowest BCUT2D eigenvalue weighted by molar-refractivity contribution is -0.383. The van der Waals surface area contributed by atoms with Gasteiger partial charge in [-0.05, 0) is 49.3 Å². The van der Waals surface area contributed by atoms with E-state index in [2.05, 4.69) is 9.88 Å². The lowest BCUT2D eigenvalue weighted by Crippen LogP contribution is -2.36. The van der Waals surface area contributed by atoms with Gasteiger partial charge in [0.05, 0.1) is 16.0 Å². The Balaban J connectivity index is 1.82. The molecule has 0 bridgehead atoms. The first kappa shape index (κ1) is 12.6. The first-order valence-corrected chi connectivity index (χ1v) is 7.46. The molecule has 2 fully saturated rings. The van der Waals surface area contributed by atoms with Crippen molar-refractivity contribution in [1.29, 1.82) is 0 Å². The molecule has 1 aliphatic carbocycles. The second-order valence-electron chi connectivity index (χ2n) is 6.29. The standard InChI is InChI=1S/C16H17N3O2/c20-19(21)13-4-5-14(15-12(13)3-1-9-17-15)18-10-2-6-16(11-18)7-8-16/h1,3-5,9H,2,6-8,10-11H2. The Morgan fingerprint density at radius 1 is 1.24 bits per heavy atom. The molecule has 2 aliphatic rings. The average molecular weight is 283 g/mol. The van der Waals surface area contributed by atoms with Crippen LogP contribution in [0.2, 0.25) is 0 Å². The predicted molar refractivity (Wildman–Crippen MR) is 81.5 cm³/mol. The van der Waals surface area contributed by atoms with Crippen LogP contribution < -0.4 is 4.90 Å². The molecular weight excluding hydrogens is 266 g/mol. The van der Waals surface area contributed by atoms with Crippen LogP contribution in [-0.2, 0) is 0 Å². The molecule has 0 amide bonds. The van der Waals surface area contributed by atoms with Crippen molar-refractivity contribution in [2.45, 2.75) is 25.7 Å². The van der Waals surface area contributed by atoms with Crippen LogP contribution in [0.1, 0.15) is 25.7 Å². The van der Waals surface area contributed by atoms with Crippen LogP contribution in [0, 0.1) is 15.5 Å². The van der Waals surface area contributed by atoms with Gasteiger partial charge in [0.15, 0.2) is 0 Å². The molecule has 0 atom stereocenters. The number of hydrogen-bond acceptors (Lipinski definition) is 4. The lowest BCUT2D eigenvalue weighted by Gasteiger charge is -2.35. The first-order valence-electron chi connectivity index (χ1n) is 7.46. The SMILES string of the molecule is O=[N+]([O-])c1ccc(N2CCCC3(CC3)C2)c2ncccc12. The highest BCUT2D eigenvalue weighted by Crippen LogP contribution is 2.53. The summed E-state index contributed by atoms with van der Waals surface area (Å²) in [5, 5.41) is 11.8. The van der Waals surface area contributed by atoms with Crippen LogP contribution in [0.5, 0.6) is 0 Å². The molecule has 4 rings (SSSR count). The van der Waals surface area contributed by atoms with Crippen molar-refractivity contribution in [2.75, 3.05) is 18.0 Å². The third kappa shape index (κ3) is 2.04. The molecule has 1 aromatic carbocycles. The molecule has 2 aromatic rings. The Bertz CT molecular complexity index is 725. The van der Waals surface area contributed by atoms with Crippen molar-refractivity contribution < 1.29 is 4.92 Å². The van der Waals surface area contributed by atoms with Gasteiger partial charge in [-0.2, -0.15) is 0 Å². The maximum absolute atomic E-state index is 11.2. The Hall–Kier alpha value is -2.17. The molecule has 1 aliphatic heterocycles. The number of anilines is 1. The fourth-order valence-corrected chi connectivity index (χ4v) is 3.56. The van der Waals surface area contributed by atoms with E-state index in [9.17, 15) is 10.1 Å². The van der Waals surface area contributed by atoms with Crippen molar-refractivity contribution in [3.63, 3.8) is 0 Å². The summed E-state index contributed by atoms with van der Waals surface area (Å²) >= 11 is 0. The number of nitro benzene ring substituents is 1. The molecule has 1 aromatic heterocycles. The fraction of sp³-hybridized carbons (Fsp3) is 0.438. The molecule has 0 N–H and O–H groups in total. The molecular formula is C16H17N3O2. The quantitative estimate of drug-likeness (QED) is 0.625. The van der Waals surface area contributed by atoms with Gasteiger partial charge < -0.3 is 4.90 Å². The topological polar surface area (TPSA) is 59.3 Å². The summed E-state index contributed by atoms with van der Waals surface area (Å²) in [6, 6.07) is 7.04. The smallest absolute Gasteiger partial charge is 0.278 e. The Morgan fingerprint density at radius 2 is 2.10 bits per heavy atom. The third-order valence-corrected chi connectivity index (χ3v) is 4.88. The normalized spacial score (nSPS) is 19.9. The van der Waals surface area contributed by atoms with Gasteiger partial charge in [0, 0.05) is 25.4 Å².